The van der Waals surface area contributed by atoms with Crippen molar-refractivity contribution in [1.29, 1.82) is 0 Å². The number of hydrogen-bond donors (Lipinski definition) is 2. The van der Waals surface area contributed by atoms with E-state index >= 15 is 0 Å². The first-order valence-electron chi connectivity index (χ1n) is 5.67. The predicted molar refractivity (Wildman–Crippen MR) is 56.0 cm³/mol. The van der Waals surface area contributed by atoms with Crippen LogP contribution in [0, 0.1) is 5.92 Å². The summed E-state index contributed by atoms with van der Waals surface area (Å²) in [4.78, 5) is 10.3. The van der Waals surface area contributed by atoms with Gasteiger partial charge in [0.2, 0.25) is 0 Å². The molecule has 1 unspecified atom stereocenters. The van der Waals surface area contributed by atoms with Gasteiger partial charge in [-0.15, -0.1) is 0 Å². The summed E-state index contributed by atoms with van der Waals surface area (Å²) in [5, 5.41) is 8.50. The molecule has 0 spiro atoms. The molecule has 82 valence electrons. The van der Waals surface area contributed by atoms with Crippen molar-refractivity contribution >= 4 is 5.97 Å². The van der Waals surface area contributed by atoms with E-state index in [9.17, 15) is 4.79 Å². The fourth-order valence-electron chi connectivity index (χ4n) is 2.29. The highest BCUT2D eigenvalue weighted by atomic mass is 16.4. The third kappa shape index (κ3) is 4.09. The van der Waals surface area contributed by atoms with E-state index in [1.165, 1.54) is 32.1 Å². The normalized spacial score (nSPS) is 20.6. The third-order valence-electron chi connectivity index (χ3n) is 3.18. The monoisotopic (exact) mass is 199 g/mol. The Balaban J connectivity index is 2.13. The van der Waals surface area contributed by atoms with E-state index in [-0.39, 0.29) is 12.5 Å². The highest BCUT2D eigenvalue weighted by molar-refractivity contribution is 5.66. The highest BCUT2D eigenvalue weighted by Crippen LogP contribution is 2.27. The zero-order valence-corrected chi connectivity index (χ0v) is 8.74. The van der Waals surface area contributed by atoms with Crippen molar-refractivity contribution in [3.63, 3.8) is 0 Å². The van der Waals surface area contributed by atoms with Gasteiger partial charge in [0.1, 0.15) is 0 Å². The Morgan fingerprint density at radius 3 is 2.57 bits per heavy atom. The molecule has 1 aliphatic rings. The number of nitrogens with two attached hydrogens (primary N) is 1. The number of carboxylic acid groups (broad SMARTS) is 1. The Morgan fingerprint density at radius 2 is 2.00 bits per heavy atom. The average molecular weight is 199 g/mol. The molecule has 1 atom stereocenters. The summed E-state index contributed by atoms with van der Waals surface area (Å²) < 4.78 is 0. The molecule has 0 aliphatic heterocycles. The second-order valence-corrected chi connectivity index (χ2v) is 4.35. The van der Waals surface area contributed by atoms with E-state index in [0.717, 1.165) is 12.8 Å². The maximum atomic E-state index is 10.3. The molecule has 1 saturated carbocycles. The highest BCUT2D eigenvalue weighted by Gasteiger charge is 2.20. The maximum absolute atomic E-state index is 10.3. The van der Waals surface area contributed by atoms with Crippen LogP contribution in [0.3, 0.4) is 0 Å². The molecule has 0 aromatic heterocycles. The van der Waals surface area contributed by atoms with Gasteiger partial charge in [-0.25, -0.2) is 0 Å². The second kappa shape index (κ2) is 6.02. The lowest BCUT2D eigenvalue weighted by atomic mass is 9.82. The minimum atomic E-state index is -0.708. The van der Waals surface area contributed by atoms with Crippen LogP contribution < -0.4 is 5.73 Å². The van der Waals surface area contributed by atoms with E-state index in [4.69, 9.17) is 10.8 Å². The molecular formula is C11H21NO2. The summed E-state index contributed by atoms with van der Waals surface area (Å²) in [6.07, 6.45) is 8.31. The van der Waals surface area contributed by atoms with E-state index in [0.29, 0.717) is 5.92 Å². The molecule has 0 heterocycles. The summed E-state index contributed by atoms with van der Waals surface area (Å²) in [6, 6.07) is 0.231. The lowest BCUT2D eigenvalue weighted by Gasteiger charge is -2.27. The molecule has 3 N–H and O–H groups in total. The Morgan fingerprint density at radius 1 is 1.36 bits per heavy atom. The van der Waals surface area contributed by atoms with E-state index < -0.39 is 5.97 Å². The Kier molecular flexibility index (Phi) is 4.94. The van der Waals surface area contributed by atoms with Crippen LogP contribution in [0.5, 0.6) is 0 Å². The fraction of sp³-hybridized carbons (Fsp3) is 0.909. The van der Waals surface area contributed by atoms with Gasteiger partial charge in [-0.2, -0.15) is 0 Å². The molecule has 0 aromatic carbocycles. The summed E-state index contributed by atoms with van der Waals surface area (Å²) in [6.45, 7) is 0. The fourth-order valence-corrected chi connectivity index (χ4v) is 2.29. The molecule has 1 aliphatic carbocycles. The van der Waals surface area contributed by atoms with Crippen molar-refractivity contribution in [2.75, 3.05) is 0 Å². The zero-order chi connectivity index (χ0) is 10.4. The number of aliphatic carboxylic acids is 1. The SMILES string of the molecule is NC(CCCC(=O)O)C1CCCCC1. The Bertz CT molecular complexity index is 176. The minimum Gasteiger partial charge on any atom is -0.481 e. The van der Waals surface area contributed by atoms with Crippen molar-refractivity contribution in [2.24, 2.45) is 11.7 Å². The molecule has 0 amide bonds. The second-order valence-electron chi connectivity index (χ2n) is 4.35. The van der Waals surface area contributed by atoms with Gasteiger partial charge in [-0.3, -0.25) is 4.79 Å². The van der Waals surface area contributed by atoms with Crippen LogP contribution in [-0.2, 0) is 4.79 Å². The van der Waals surface area contributed by atoms with Crippen LogP contribution in [-0.4, -0.2) is 17.1 Å². The molecule has 3 nitrogen and oxygen atoms in total. The summed E-state index contributed by atoms with van der Waals surface area (Å²) >= 11 is 0. The largest absolute Gasteiger partial charge is 0.481 e. The average Bonchev–Trinajstić information content (AvgIpc) is 2.18. The molecule has 0 aromatic rings. The molecule has 3 heteroatoms. The van der Waals surface area contributed by atoms with Crippen LogP contribution in [0.4, 0.5) is 0 Å². The van der Waals surface area contributed by atoms with Crippen LogP contribution >= 0.6 is 0 Å². The summed E-state index contributed by atoms with van der Waals surface area (Å²) in [5.41, 5.74) is 6.04. The maximum Gasteiger partial charge on any atom is 0.303 e. The van der Waals surface area contributed by atoms with Gasteiger partial charge in [0.05, 0.1) is 0 Å². The van der Waals surface area contributed by atoms with Crippen LogP contribution in [0.1, 0.15) is 51.4 Å². The van der Waals surface area contributed by atoms with Crippen LogP contribution in [0.15, 0.2) is 0 Å². The molecule has 1 fully saturated rings. The number of carboxylic acids is 1. The minimum absolute atomic E-state index is 0.231. The summed E-state index contributed by atoms with van der Waals surface area (Å²) in [5.74, 6) is -0.0570. The zero-order valence-electron chi connectivity index (χ0n) is 8.74. The van der Waals surface area contributed by atoms with Gasteiger partial charge in [0.25, 0.3) is 0 Å². The number of carbonyl (C=O) groups is 1. The van der Waals surface area contributed by atoms with Crippen LogP contribution in [0.25, 0.3) is 0 Å². The van der Waals surface area contributed by atoms with E-state index in [2.05, 4.69) is 0 Å². The van der Waals surface area contributed by atoms with Gasteiger partial charge in [-0.1, -0.05) is 19.3 Å². The van der Waals surface area contributed by atoms with Gasteiger partial charge < -0.3 is 10.8 Å². The molecule has 14 heavy (non-hydrogen) atoms. The lowest BCUT2D eigenvalue weighted by molar-refractivity contribution is -0.137. The van der Waals surface area contributed by atoms with E-state index in [1.54, 1.807) is 0 Å². The predicted octanol–water partition coefficient (Wildman–Crippen LogP) is 2.15. The van der Waals surface area contributed by atoms with Gasteiger partial charge in [0.15, 0.2) is 0 Å². The molecular weight excluding hydrogens is 178 g/mol. The standard InChI is InChI=1S/C11H21NO2/c12-10(7-4-8-11(13)14)9-5-2-1-3-6-9/h9-10H,1-8,12H2,(H,13,14). The van der Waals surface area contributed by atoms with Crippen molar-refractivity contribution in [2.45, 2.75) is 57.4 Å². The summed E-state index contributed by atoms with van der Waals surface area (Å²) in [7, 11) is 0. The smallest absolute Gasteiger partial charge is 0.303 e. The van der Waals surface area contributed by atoms with Crippen molar-refractivity contribution in [1.82, 2.24) is 0 Å². The quantitative estimate of drug-likeness (QED) is 0.713. The van der Waals surface area contributed by atoms with E-state index in [1.807, 2.05) is 0 Å². The molecule has 0 radical (unpaired) electrons. The Labute approximate surface area is 85.7 Å². The number of hydrogen-bond acceptors (Lipinski definition) is 2. The third-order valence-corrected chi connectivity index (χ3v) is 3.18. The van der Waals surface area contributed by atoms with Gasteiger partial charge in [-0.05, 0) is 31.6 Å². The first kappa shape index (κ1) is 11.5. The van der Waals surface area contributed by atoms with Crippen molar-refractivity contribution < 1.29 is 9.90 Å². The van der Waals surface area contributed by atoms with Gasteiger partial charge >= 0.3 is 5.97 Å². The first-order chi connectivity index (χ1) is 6.70. The number of rotatable bonds is 5. The van der Waals surface area contributed by atoms with Crippen molar-refractivity contribution in [3.8, 4) is 0 Å². The van der Waals surface area contributed by atoms with Crippen molar-refractivity contribution in [3.05, 3.63) is 0 Å². The molecule has 1 rings (SSSR count). The Hall–Kier alpha value is -0.570. The molecule has 0 saturated heterocycles. The first-order valence-corrected chi connectivity index (χ1v) is 5.67. The molecule has 0 bridgehead atoms. The lowest BCUT2D eigenvalue weighted by Crippen LogP contribution is -2.31. The van der Waals surface area contributed by atoms with Gasteiger partial charge in [0, 0.05) is 12.5 Å². The topological polar surface area (TPSA) is 63.3 Å². The van der Waals surface area contributed by atoms with Crippen LogP contribution in [0.2, 0.25) is 0 Å².